The molecule has 0 atom stereocenters. The molecule has 2 aromatic carbocycles. The van der Waals surface area contributed by atoms with Crippen LogP contribution in [0, 0.1) is 0 Å². The van der Waals surface area contributed by atoms with Gasteiger partial charge in [0, 0.05) is 11.6 Å². The number of benzene rings is 2. The van der Waals surface area contributed by atoms with E-state index >= 15 is 0 Å². The number of hydrogen-bond acceptors (Lipinski definition) is 4. The maximum absolute atomic E-state index is 11.8. The summed E-state index contributed by atoms with van der Waals surface area (Å²) in [5, 5.41) is 0.770. The molecule has 0 saturated carbocycles. The van der Waals surface area contributed by atoms with E-state index in [1.165, 1.54) is 25.1 Å². The van der Waals surface area contributed by atoms with Crippen LogP contribution < -0.4 is 9.47 Å². The highest BCUT2D eigenvalue weighted by Crippen LogP contribution is 2.33. The van der Waals surface area contributed by atoms with Crippen LogP contribution in [0.2, 0.25) is 15.1 Å². The molecule has 0 radical (unpaired) electrons. The van der Waals surface area contributed by atoms with Crippen molar-refractivity contribution < 1.29 is 19.1 Å². The Morgan fingerprint density at radius 2 is 1.70 bits per heavy atom. The van der Waals surface area contributed by atoms with E-state index in [1.54, 1.807) is 18.2 Å². The average Bonchev–Trinajstić information content (AvgIpc) is 2.50. The van der Waals surface area contributed by atoms with E-state index in [4.69, 9.17) is 44.3 Å². The first-order valence-corrected chi connectivity index (χ1v) is 7.59. The van der Waals surface area contributed by atoms with Gasteiger partial charge in [0.2, 0.25) is 0 Å². The second-order valence-electron chi connectivity index (χ2n) is 4.54. The van der Waals surface area contributed by atoms with Gasteiger partial charge in [-0.25, -0.2) is 4.79 Å². The SMILES string of the molecule is CC(=O)c1cccc(OC(=O)COc2cc(Cl)c(Cl)cc2Cl)c1. The third-order valence-corrected chi connectivity index (χ3v) is 3.81. The summed E-state index contributed by atoms with van der Waals surface area (Å²) < 4.78 is 10.4. The van der Waals surface area contributed by atoms with Crippen molar-refractivity contribution in [3.63, 3.8) is 0 Å². The van der Waals surface area contributed by atoms with Crippen LogP contribution in [0.3, 0.4) is 0 Å². The highest BCUT2D eigenvalue weighted by molar-refractivity contribution is 6.43. The van der Waals surface area contributed by atoms with Gasteiger partial charge in [0.15, 0.2) is 12.4 Å². The summed E-state index contributed by atoms with van der Waals surface area (Å²) >= 11 is 17.6. The van der Waals surface area contributed by atoms with E-state index in [1.807, 2.05) is 0 Å². The van der Waals surface area contributed by atoms with E-state index in [9.17, 15) is 9.59 Å². The summed E-state index contributed by atoms with van der Waals surface area (Å²) in [7, 11) is 0. The van der Waals surface area contributed by atoms with Gasteiger partial charge in [0.1, 0.15) is 11.5 Å². The predicted molar refractivity (Wildman–Crippen MR) is 89.0 cm³/mol. The molecule has 0 aliphatic heterocycles. The Hall–Kier alpha value is -1.75. The molecule has 0 saturated heterocycles. The van der Waals surface area contributed by atoms with E-state index in [0.717, 1.165) is 0 Å². The van der Waals surface area contributed by atoms with Crippen molar-refractivity contribution in [2.45, 2.75) is 6.92 Å². The van der Waals surface area contributed by atoms with Crippen molar-refractivity contribution in [1.82, 2.24) is 0 Å². The van der Waals surface area contributed by atoms with Crippen LogP contribution in [0.4, 0.5) is 0 Å². The number of rotatable bonds is 5. The van der Waals surface area contributed by atoms with Gasteiger partial charge >= 0.3 is 5.97 Å². The van der Waals surface area contributed by atoms with Crippen molar-refractivity contribution in [3.05, 3.63) is 57.0 Å². The summed E-state index contributed by atoms with van der Waals surface area (Å²) in [6, 6.07) is 9.13. The first-order valence-electron chi connectivity index (χ1n) is 6.46. The number of esters is 1. The van der Waals surface area contributed by atoms with Crippen LogP contribution >= 0.6 is 34.8 Å². The van der Waals surface area contributed by atoms with Gasteiger partial charge in [0.25, 0.3) is 0 Å². The molecule has 0 amide bonds. The average molecular weight is 374 g/mol. The van der Waals surface area contributed by atoms with Crippen LogP contribution in [-0.4, -0.2) is 18.4 Å². The maximum Gasteiger partial charge on any atom is 0.349 e. The van der Waals surface area contributed by atoms with Crippen molar-refractivity contribution in [2.75, 3.05) is 6.61 Å². The van der Waals surface area contributed by atoms with Gasteiger partial charge in [-0.2, -0.15) is 0 Å². The third-order valence-electron chi connectivity index (χ3n) is 2.79. The van der Waals surface area contributed by atoms with Crippen molar-refractivity contribution in [1.29, 1.82) is 0 Å². The normalized spacial score (nSPS) is 10.3. The Labute approximate surface area is 147 Å². The minimum absolute atomic E-state index is 0.123. The van der Waals surface area contributed by atoms with Crippen molar-refractivity contribution >= 4 is 46.6 Å². The van der Waals surface area contributed by atoms with Crippen LogP contribution in [0.25, 0.3) is 0 Å². The molecule has 120 valence electrons. The minimum Gasteiger partial charge on any atom is -0.480 e. The summed E-state index contributed by atoms with van der Waals surface area (Å²) in [6.45, 7) is 1.05. The highest BCUT2D eigenvalue weighted by Gasteiger charge is 2.11. The predicted octanol–water partition coefficient (Wildman–Crippen LogP) is 4.83. The highest BCUT2D eigenvalue weighted by atomic mass is 35.5. The first kappa shape index (κ1) is 17.6. The number of Topliss-reactive ketones (excluding diaryl/α,β-unsaturated/α-hetero) is 1. The van der Waals surface area contributed by atoms with E-state index < -0.39 is 5.97 Å². The summed E-state index contributed by atoms with van der Waals surface area (Å²) in [6.07, 6.45) is 0. The molecule has 4 nitrogen and oxygen atoms in total. The topological polar surface area (TPSA) is 52.6 Å². The van der Waals surface area contributed by atoms with Gasteiger partial charge in [-0.1, -0.05) is 46.9 Å². The first-order chi connectivity index (χ1) is 10.9. The smallest absolute Gasteiger partial charge is 0.349 e. The van der Waals surface area contributed by atoms with Crippen LogP contribution in [0.1, 0.15) is 17.3 Å². The molecule has 0 N–H and O–H groups in total. The number of halogens is 3. The molecule has 0 unspecified atom stereocenters. The molecule has 2 rings (SSSR count). The van der Waals surface area contributed by atoms with Gasteiger partial charge in [-0.3, -0.25) is 4.79 Å². The standard InChI is InChI=1S/C16H11Cl3O4/c1-9(20)10-3-2-4-11(5-10)23-16(21)8-22-15-7-13(18)12(17)6-14(15)19/h2-7H,8H2,1H3. The lowest BCUT2D eigenvalue weighted by Gasteiger charge is -2.09. The van der Waals surface area contributed by atoms with Gasteiger partial charge in [-0.05, 0) is 25.1 Å². The fraction of sp³-hybridized carbons (Fsp3) is 0.125. The lowest BCUT2D eigenvalue weighted by atomic mass is 10.1. The lowest BCUT2D eigenvalue weighted by Crippen LogP contribution is -2.18. The number of carbonyl (C=O) groups is 2. The monoisotopic (exact) mass is 372 g/mol. The Morgan fingerprint density at radius 1 is 1.00 bits per heavy atom. The molecule has 23 heavy (non-hydrogen) atoms. The number of ketones is 1. The van der Waals surface area contributed by atoms with E-state index in [0.29, 0.717) is 5.56 Å². The number of ether oxygens (including phenoxy) is 2. The Bertz CT molecular complexity index is 759. The molecule has 0 aliphatic rings. The minimum atomic E-state index is -0.646. The zero-order chi connectivity index (χ0) is 17.0. The number of hydrogen-bond donors (Lipinski definition) is 0. The molecule has 7 heteroatoms. The molecular weight excluding hydrogens is 363 g/mol. The van der Waals surface area contributed by atoms with Crippen LogP contribution in [0.5, 0.6) is 11.5 Å². The largest absolute Gasteiger partial charge is 0.480 e. The fourth-order valence-corrected chi connectivity index (χ4v) is 2.28. The van der Waals surface area contributed by atoms with Crippen LogP contribution in [0.15, 0.2) is 36.4 Å². The summed E-state index contributed by atoms with van der Waals surface area (Å²) in [4.78, 5) is 23.1. The maximum atomic E-state index is 11.8. The van der Waals surface area contributed by atoms with E-state index in [-0.39, 0.29) is 39.0 Å². The molecule has 0 fully saturated rings. The van der Waals surface area contributed by atoms with Gasteiger partial charge in [-0.15, -0.1) is 0 Å². The zero-order valence-corrected chi connectivity index (χ0v) is 14.2. The van der Waals surface area contributed by atoms with Crippen LogP contribution in [-0.2, 0) is 4.79 Å². The molecule has 0 heterocycles. The Kier molecular flexibility index (Phi) is 5.88. The summed E-state index contributed by atoms with van der Waals surface area (Å²) in [5.41, 5.74) is 0.448. The molecular formula is C16H11Cl3O4. The third kappa shape index (κ3) is 4.86. The second-order valence-corrected chi connectivity index (χ2v) is 5.77. The Balaban J connectivity index is 1.99. The van der Waals surface area contributed by atoms with Gasteiger partial charge < -0.3 is 9.47 Å². The van der Waals surface area contributed by atoms with Crippen molar-refractivity contribution in [2.24, 2.45) is 0 Å². The number of carbonyl (C=O) groups excluding carboxylic acids is 2. The second kappa shape index (κ2) is 7.68. The van der Waals surface area contributed by atoms with Crippen molar-refractivity contribution in [3.8, 4) is 11.5 Å². The molecule has 0 bridgehead atoms. The molecule has 0 aliphatic carbocycles. The fourth-order valence-electron chi connectivity index (χ4n) is 1.69. The van der Waals surface area contributed by atoms with E-state index in [2.05, 4.69) is 0 Å². The zero-order valence-electron chi connectivity index (χ0n) is 11.9. The van der Waals surface area contributed by atoms with Gasteiger partial charge in [0.05, 0.1) is 15.1 Å². The molecule has 0 spiro atoms. The molecule has 0 aromatic heterocycles. The lowest BCUT2D eigenvalue weighted by molar-refractivity contribution is -0.136. The quantitative estimate of drug-likeness (QED) is 0.326. The Morgan fingerprint density at radius 3 is 2.39 bits per heavy atom. The summed E-state index contributed by atoms with van der Waals surface area (Å²) in [5.74, 6) is -0.295. The molecule has 2 aromatic rings.